The third-order valence-electron chi connectivity index (χ3n) is 5.34. The number of nitrogens with zero attached hydrogens (tertiary/aromatic N) is 1. The Morgan fingerprint density at radius 2 is 1.52 bits per heavy atom. The van der Waals surface area contributed by atoms with E-state index >= 15 is 0 Å². The molecular weight excluding hydrogens is 356 g/mol. The smallest absolute Gasteiger partial charge is 0.256 e. The lowest BCUT2D eigenvalue weighted by Gasteiger charge is -2.14. The first-order valence-electron chi connectivity index (χ1n) is 9.79. The Bertz CT molecular complexity index is 1220. The van der Waals surface area contributed by atoms with Gasteiger partial charge in [-0.1, -0.05) is 60.2 Å². The molecule has 0 atom stereocenters. The van der Waals surface area contributed by atoms with Crippen molar-refractivity contribution in [1.29, 1.82) is 0 Å². The maximum absolute atomic E-state index is 13.3. The first-order valence-corrected chi connectivity index (χ1v) is 9.79. The number of fused-ring (bicyclic) bond motifs is 1. The number of carbonyl (C=O) groups excluding carboxylic acids is 1. The van der Waals surface area contributed by atoms with Crippen LogP contribution in [0.2, 0.25) is 0 Å². The van der Waals surface area contributed by atoms with E-state index in [0.29, 0.717) is 5.56 Å². The first kappa shape index (κ1) is 18.9. The van der Waals surface area contributed by atoms with Gasteiger partial charge in [0.2, 0.25) is 0 Å². The highest BCUT2D eigenvalue weighted by atomic mass is 16.1. The van der Waals surface area contributed by atoms with Crippen molar-refractivity contribution in [2.75, 3.05) is 5.32 Å². The molecule has 3 nitrogen and oxygen atoms in total. The predicted octanol–water partition coefficient (Wildman–Crippen LogP) is 6.39. The summed E-state index contributed by atoms with van der Waals surface area (Å²) in [5.41, 5.74) is 8.62. The molecule has 0 radical (unpaired) electrons. The summed E-state index contributed by atoms with van der Waals surface area (Å²) in [6.45, 7) is 8.17. The molecule has 0 saturated heterocycles. The van der Waals surface area contributed by atoms with Crippen LogP contribution in [0.4, 0.5) is 5.69 Å². The molecule has 0 aliphatic heterocycles. The van der Waals surface area contributed by atoms with Crippen LogP contribution >= 0.6 is 0 Å². The average Bonchev–Trinajstić information content (AvgIpc) is 2.70. The Kier molecular flexibility index (Phi) is 4.89. The summed E-state index contributed by atoms with van der Waals surface area (Å²) in [7, 11) is 0. The maximum Gasteiger partial charge on any atom is 0.256 e. The van der Waals surface area contributed by atoms with Crippen LogP contribution in [0.5, 0.6) is 0 Å². The molecule has 0 aliphatic carbocycles. The lowest BCUT2D eigenvalue weighted by atomic mass is 9.99. The summed E-state index contributed by atoms with van der Waals surface area (Å²) in [5.74, 6) is -0.119. The second kappa shape index (κ2) is 7.51. The van der Waals surface area contributed by atoms with E-state index in [2.05, 4.69) is 37.4 Å². The minimum absolute atomic E-state index is 0.119. The van der Waals surface area contributed by atoms with Crippen LogP contribution in [0.1, 0.15) is 32.6 Å². The number of hydrogen-bond acceptors (Lipinski definition) is 2. The van der Waals surface area contributed by atoms with Crippen molar-refractivity contribution in [3.05, 3.63) is 94.5 Å². The van der Waals surface area contributed by atoms with Crippen molar-refractivity contribution in [3.8, 4) is 11.3 Å². The number of benzene rings is 3. The molecular formula is C26H24N2O. The summed E-state index contributed by atoms with van der Waals surface area (Å²) in [4.78, 5) is 18.2. The van der Waals surface area contributed by atoms with E-state index in [1.54, 1.807) is 0 Å². The number of aryl methyl sites for hydroxylation is 4. The van der Waals surface area contributed by atoms with Gasteiger partial charge in [0.1, 0.15) is 0 Å². The van der Waals surface area contributed by atoms with Crippen LogP contribution in [-0.4, -0.2) is 10.9 Å². The minimum atomic E-state index is -0.119. The zero-order valence-electron chi connectivity index (χ0n) is 17.2. The SMILES string of the molecule is Cc1ccc(-c2cc(C(=O)Nc3c(C)cccc3C)c3ccccc3n2)c(C)c1. The van der Waals surface area contributed by atoms with Gasteiger partial charge in [0.25, 0.3) is 5.91 Å². The van der Waals surface area contributed by atoms with Crippen LogP contribution in [0.15, 0.2) is 66.7 Å². The van der Waals surface area contributed by atoms with E-state index in [1.807, 2.05) is 62.4 Å². The van der Waals surface area contributed by atoms with Crippen molar-refractivity contribution in [1.82, 2.24) is 4.98 Å². The third kappa shape index (κ3) is 3.64. The van der Waals surface area contributed by atoms with Crippen molar-refractivity contribution in [2.45, 2.75) is 27.7 Å². The number of aromatic nitrogens is 1. The second-order valence-electron chi connectivity index (χ2n) is 7.61. The van der Waals surface area contributed by atoms with Crippen molar-refractivity contribution in [3.63, 3.8) is 0 Å². The molecule has 1 N–H and O–H groups in total. The second-order valence-corrected chi connectivity index (χ2v) is 7.61. The topological polar surface area (TPSA) is 42.0 Å². The quantitative estimate of drug-likeness (QED) is 0.447. The number of carbonyl (C=O) groups is 1. The van der Waals surface area contributed by atoms with Gasteiger partial charge in [-0.25, -0.2) is 4.98 Å². The van der Waals surface area contributed by atoms with Gasteiger partial charge in [-0.05, 0) is 56.5 Å². The van der Waals surface area contributed by atoms with Crippen molar-refractivity contribution >= 4 is 22.5 Å². The number of rotatable bonds is 3. The van der Waals surface area contributed by atoms with Crippen LogP contribution in [0, 0.1) is 27.7 Å². The molecule has 3 heteroatoms. The molecule has 1 heterocycles. The first-order chi connectivity index (χ1) is 13.9. The zero-order valence-corrected chi connectivity index (χ0v) is 17.2. The van der Waals surface area contributed by atoms with Crippen molar-refractivity contribution in [2.24, 2.45) is 0 Å². The van der Waals surface area contributed by atoms with Gasteiger partial charge in [-0.3, -0.25) is 4.79 Å². The molecule has 0 aliphatic rings. The van der Waals surface area contributed by atoms with Crippen molar-refractivity contribution < 1.29 is 4.79 Å². The third-order valence-corrected chi connectivity index (χ3v) is 5.34. The predicted molar refractivity (Wildman–Crippen MR) is 121 cm³/mol. The number of amides is 1. The summed E-state index contributed by atoms with van der Waals surface area (Å²) in [5, 5.41) is 3.97. The van der Waals surface area contributed by atoms with Gasteiger partial charge in [0.15, 0.2) is 0 Å². The van der Waals surface area contributed by atoms with Crippen LogP contribution in [0.3, 0.4) is 0 Å². The standard InChI is InChI=1S/C26H24N2O/c1-16-12-13-20(19(4)14-16)24-15-22(21-10-5-6-11-23(21)27-24)26(29)28-25-17(2)8-7-9-18(25)3/h5-15H,1-4H3,(H,28,29). The Morgan fingerprint density at radius 3 is 2.24 bits per heavy atom. The Balaban J connectivity index is 1.86. The normalized spacial score (nSPS) is 10.9. The van der Waals surface area contributed by atoms with Gasteiger partial charge in [0, 0.05) is 16.6 Å². The van der Waals surface area contributed by atoms with Gasteiger partial charge in [0.05, 0.1) is 16.8 Å². The minimum Gasteiger partial charge on any atom is -0.321 e. The van der Waals surface area contributed by atoms with Gasteiger partial charge in [-0.15, -0.1) is 0 Å². The summed E-state index contributed by atoms with van der Waals surface area (Å²) < 4.78 is 0. The highest BCUT2D eigenvalue weighted by Gasteiger charge is 2.16. The number of anilines is 1. The highest BCUT2D eigenvalue weighted by molar-refractivity contribution is 6.13. The molecule has 4 aromatic rings. The Morgan fingerprint density at radius 1 is 0.793 bits per heavy atom. The zero-order chi connectivity index (χ0) is 20.5. The number of hydrogen-bond donors (Lipinski definition) is 1. The lowest BCUT2D eigenvalue weighted by molar-refractivity contribution is 0.102. The molecule has 0 fully saturated rings. The average molecular weight is 380 g/mol. The lowest BCUT2D eigenvalue weighted by Crippen LogP contribution is -2.15. The molecule has 0 saturated carbocycles. The fourth-order valence-electron chi connectivity index (χ4n) is 3.79. The molecule has 1 aromatic heterocycles. The maximum atomic E-state index is 13.3. The van der Waals surface area contributed by atoms with E-state index in [1.165, 1.54) is 5.56 Å². The molecule has 0 spiro atoms. The largest absolute Gasteiger partial charge is 0.321 e. The summed E-state index contributed by atoms with van der Waals surface area (Å²) in [6.07, 6.45) is 0. The molecule has 3 aromatic carbocycles. The summed E-state index contributed by atoms with van der Waals surface area (Å²) >= 11 is 0. The van der Waals surface area contributed by atoms with E-state index < -0.39 is 0 Å². The van der Waals surface area contributed by atoms with Crippen LogP contribution < -0.4 is 5.32 Å². The van der Waals surface area contributed by atoms with E-state index in [0.717, 1.165) is 44.5 Å². The monoisotopic (exact) mass is 380 g/mol. The Labute approximate surface area is 171 Å². The van der Waals surface area contributed by atoms with E-state index in [4.69, 9.17) is 4.98 Å². The molecule has 1 amide bonds. The van der Waals surface area contributed by atoms with Crippen LogP contribution in [-0.2, 0) is 0 Å². The van der Waals surface area contributed by atoms with Gasteiger partial charge >= 0.3 is 0 Å². The molecule has 144 valence electrons. The highest BCUT2D eigenvalue weighted by Crippen LogP contribution is 2.29. The molecule has 4 rings (SSSR count). The number of para-hydroxylation sites is 2. The number of pyridine rings is 1. The van der Waals surface area contributed by atoms with Gasteiger partial charge < -0.3 is 5.32 Å². The molecule has 29 heavy (non-hydrogen) atoms. The molecule has 0 unspecified atom stereocenters. The van der Waals surface area contributed by atoms with Crippen LogP contribution in [0.25, 0.3) is 22.2 Å². The van der Waals surface area contributed by atoms with E-state index in [9.17, 15) is 4.79 Å². The van der Waals surface area contributed by atoms with Gasteiger partial charge in [-0.2, -0.15) is 0 Å². The molecule has 0 bridgehead atoms. The van der Waals surface area contributed by atoms with E-state index in [-0.39, 0.29) is 5.91 Å². The Hall–Kier alpha value is -3.46. The summed E-state index contributed by atoms with van der Waals surface area (Å²) in [6, 6.07) is 22.0. The fourth-order valence-corrected chi connectivity index (χ4v) is 3.79. The fraction of sp³-hybridized carbons (Fsp3) is 0.154. The number of nitrogens with one attached hydrogen (secondary N) is 1.